The molecule has 2 aliphatic heterocycles. The van der Waals surface area contributed by atoms with Gasteiger partial charge in [-0.25, -0.2) is 0 Å². The zero-order valence-electron chi connectivity index (χ0n) is 10.9. The summed E-state index contributed by atoms with van der Waals surface area (Å²) in [6, 6.07) is 4.19. The molecule has 2 N–H and O–H groups in total. The van der Waals surface area contributed by atoms with Crippen LogP contribution in [-0.2, 0) is 4.79 Å². The van der Waals surface area contributed by atoms with Crippen LogP contribution in [0.4, 0.5) is 0 Å². The number of fused-ring (bicyclic) bond motifs is 1. The largest absolute Gasteiger partial charge is 0.374 e. The smallest absolute Gasteiger partial charge is 0.262 e. The van der Waals surface area contributed by atoms with Crippen LogP contribution in [0.1, 0.15) is 39.1 Å². The van der Waals surface area contributed by atoms with Gasteiger partial charge in [0.15, 0.2) is 0 Å². The van der Waals surface area contributed by atoms with Gasteiger partial charge in [-0.05, 0) is 31.9 Å². The highest BCUT2D eigenvalue weighted by molar-refractivity contribution is 6.23. The molecule has 6 nitrogen and oxygen atoms in total. The number of hydrogen-bond donors (Lipinski definition) is 2. The van der Waals surface area contributed by atoms with Gasteiger partial charge in [0, 0.05) is 0 Å². The number of benzene rings is 1. The van der Waals surface area contributed by atoms with E-state index >= 15 is 0 Å². The van der Waals surface area contributed by atoms with Crippen molar-refractivity contribution in [1.29, 1.82) is 0 Å². The summed E-state index contributed by atoms with van der Waals surface area (Å²) in [4.78, 5) is 37.5. The van der Waals surface area contributed by atoms with Crippen LogP contribution in [0.2, 0.25) is 0 Å². The summed E-state index contributed by atoms with van der Waals surface area (Å²) >= 11 is 0. The molecule has 1 saturated heterocycles. The molecule has 0 aliphatic carbocycles. The Balaban J connectivity index is 1.96. The van der Waals surface area contributed by atoms with Crippen molar-refractivity contribution in [1.82, 2.24) is 10.2 Å². The molecule has 20 heavy (non-hydrogen) atoms. The van der Waals surface area contributed by atoms with Crippen molar-refractivity contribution in [2.75, 3.05) is 0 Å². The van der Waals surface area contributed by atoms with E-state index in [-0.39, 0.29) is 6.42 Å². The second-order valence-corrected chi connectivity index (χ2v) is 5.15. The molecule has 1 aromatic carbocycles. The minimum absolute atomic E-state index is 0.275. The van der Waals surface area contributed by atoms with E-state index in [4.69, 9.17) is 0 Å². The van der Waals surface area contributed by atoms with Gasteiger partial charge >= 0.3 is 0 Å². The average Bonchev–Trinajstić information content (AvgIpc) is 2.63. The number of aliphatic hydroxyl groups excluding tert-OH is 1. The van der Waals surface area contributed by atoms with Gasteiger partial charge in [0.2, 0.25) is 5.91 Å². The summed E-state index contributed by atoms with van der Waals surface area (Å²) < 4.78 is 0. The number of nitrogens with zero attached hydrogens (tertiary/aromatic N) is 1. The zero-order chi connectivity index (χ0) is 14.4. The molecule has 2 heterocycles. The average molecular weight is 274 g/mol. The molecule has 0 bridgehead atoms. The molecule has 104 valence electrons. The number of imide groups is 1. The number of carbonyl (C=O) groups excluding carboxylic acids is 3. The predicted molar refractivity (Wildman–Crippen MR) is 68.9 cm³/mol. The number of aliphatic hydroxyl groups is 1. The first-order valence-electron chi connectivity index (χ1n) is 6.46. The molecule has 3 rings (SSSR count). The van der Waals surface area contributed by atoms with Gasteiger partial charge in [0.25, 0.3) is 11.8 Å². The number of carbonyl (C=O) groups is 3. The van der Waals surface area contributed by atoms with Gasteiger partial charge < -0.3 is 10.4 Å². The molecule has 0 spiro atoms. The minimum Gasteiger partial charge on any atom is -0.374 e. The van der Waals surface area contributed by atoms with Crippen LogP contribution in [0.5, 0.6) is 0 Å². The van der Waals surface area contributed by atoms with E-state index in [0.29, 0.717) is 17.5 Å². The highest BCUT2D eigenvalue weighted by Gasteiger charge is 2.44. The summed E-state index contributed by atoms with van der Waals surface area (Å²) in [5, 5.41) is 11.7. The van der Waals surface area contributed by atoms with E-state index in [1.807, 2.05) is 6.92 Å². The van der Waals surface area contributed by atoms with E-state index in [9.17, 15) is 19.5 Å². The summed E-state index contributed by atoms with van der Waals surface area (Å²) in [6.45, 7) is 1.84. The van der Waals surface area contributed by atoms with Crippen molar-refractivity contribution in [3.05, 3.63) is 34.9 Å². The Labute approximate surface area is 115 Å². The van der Waals surface area contributed by atoms with Crippen LogP contribution in [0.25, 0.3) is 0 Å². The fourth-order valence-corrected chi connectivity index (χ4v) is 2.68. The maximum Gasteiger partial charge on any atom is 0.262 e. The molecule has 1 fully saturated rings. The number of rotatable bonds is 1. The first-order valence-corrected chi connectivity index (χ1v) is 6.46. The SMILES string of the molecule is Cc1ccc2c(c1)C(=O)N([C@@H]1CCC(O)NC1=O)C2=O. The van der Waals surface area contributed by atoms with Gasteiger partial charge in [0.05, 0.1) is 11.1 Å². The molecule has 0 aromatic heterocycles. The van der Waals surface area contributed by atoms with Gasteiger partial charge in [0.1, 0.15) is 12.3 Å². The standard InChI is InChI=1S/C14H14N2O4/c1-7-2-3-8-9(6-7)14(20)16(13(8)19)10-4-5-11(17)15-12(10)18/h2-3,6,10-11,17H,4-5H2,1H3,(H,15,18)/t10-,11?/m1/s1. The van der Waals surface area contributed by atoms with Gasteiger partial charge in [-0.3, -0.25) is 19.3 Å². The Bertz CT molecular complexity index is 626. The van der Waals surface area contributed by atoms with Gasteiger partial charge in [-0.1, -0.05) is 11.6 Å². The highest BCUT2D eigenvalue weighted by atomic mass is 16.3. The normalized spacial score (nSPS) is 25.7. The number of amides is 3. The zero-order valence-corrected chi connectivity index (χ0v) is 10.9. The predicted octanol–water partition coefficient (Wildman–Crippen LogP) is 0.188. The lowest BCUT2D eigenvalue weighted by Gasteiger charge is -2.31. The number of aryl methyl sites for hydroxylation is 1. The Morgan fingerprint density at radius 1 is 1.15 bits per heavy atom. The lowest BCUT2D eigenvalue weighted by atomic mass is 10.0. The van der Waals surface area contributed by atoms with Crippen molar-refractivity contribution in [3.8, 4) is 0 Å². The molecular formula is C14H14N2O4. The highest BCUT2D eigenvalue weighted by Crippen LogP contribution is 2.28. The fourth-order valence-electron chi connectivity index (χ4n) is 2.68. The Morgan fingerprint density at radius 2 is 1.85 bits per heavy atom. The summed E-state index contributed by atoms with van der Waals surface area (Å²) in [7, 11) is 0. The maximum absolute atomic E-state index is 12.3. The molecular weight excluding hydrogens is 260 g/mol. The summed E-state index contributed by atoms with van der Waals surface area (Å²) in [6.07, 6.45) is -0.309. The molecule has 6 heteroatoms. The van der Waals surface area contributed by atoms with Crippen molar-refractivity contribution < 1.29 is 19.5 Å². The fraction of sp³-hybridized carbons (Fsp3) is 0.357. The second kappa shape index (κ2) is 4.42. The molecule has 2 aliphatic rings. The number of piperidine rings is 1. The third-order valence-electron chi connectivity index (χ3n) is 3.71. The quantitative estimate of drug-likeness (QED) is 0.716. The molecule has 2 atom stereocenters. The van der Waals surface area contributed by atoms with Crippen LogP contribution in [0, 0.1) is 6.92 Å². The first-order chi connectivity index (χ1) is 9.49. The van der Waals surface area contributed by atoms with E-state index in [1.54, 1.807) is 18.2 Å². The van der Waals surface area contributed by atoms with Crippen LogP contribution in [0.15, 0.2) is 18.2 Å². The molecule has 1 unspecified atom stereocenters. The lowest BCUT2D eigenvalue weighted by Crippen LogP contribution is -2.55. The molecule has 1 aromatic rings. The van der Waals surface area contributed by atoms with Crippen molar-refractivity contribution in [2.24, 2.45) is 0 Å². The minimum atomic E-state index is -0.906. The van der Waals surface area contributed by atoms with Crippen molar-refractivity contribution in [3.63, 3.8) is 0 Å². The lowest BCUT2D eigenvalue weighted by molar-refractivity contribution is -0.131. The Hall–Kier alpha value is -2.21. The molecule has 0 saturated carbocycles. The van der Waals surface area contributed by atoms with Gasteiger partial charge in [-0.15, -0.1) is 0 Å². The van der Waals surface area contributed by atoms with E-state index in [2.05, 4.69) is 5.32 Å². The maximum atomic E-state index is 12.3. The third-order valence-corrected chi connectivity index (χ3v) is 3.71. The second-order valence-electron chi connectivity index (χ2n) is 5.15. The van der Waals surface area contributed by atoms with Crippen LogP contribution in [0.3, 0.4) is 0 Å². The van der Waals surface area contributed by atoms with Gasteiger partial charge in [-0.2, -0.15) is 0 Å². The van der Waals surface area contributed by atoms with Crippen molar-refractivity contribution in [2.45, 2.75) is 32.0 Å². The van der Waals surface area contributed by atoms with E-state index in [0.717, 1.165) is 10.5 Å². The third kappa shape index (κ3) is 1.80. The van der Waals surface area contributed by atoms with Crippen LogP contribution >= 0.6 is 0 Å². The molecule has 3 amide bonds. The first kappa shape index (κ1) is 12.8. The van der Waals surface area contributed by atoms with E-state index in [1.165, 1.54) is 0 Å². The number of hydrogen-bond acceptors (Lipinski definition) is 4. The van der Waals surface area contributed by atoms with Crippen LogP contribution < -0.4 is 5.32 Å². The van der Waals surface area contributed by atoms with E-state index < -0.39 is 30.0 Å². The van der Waals surface area contributed by atoms with Crippen LogP contribution in [-0.4, -0.2) is 40.0 Å². The van der Waals surface area contributed by atoms with Crippen molar-refractivity contribution >= 4 is 17.7 Å². The summed E-state index contributed by atoms with van der Waals surface area (Å²) in [5.41, 5.74) is 1.56. The topological polar surface area (TPSA) is 86.7 Å². The monoisotopic (exact) mass is 274 g/mol. The summed E-state index contributed by atoms with van der Waals surface area (Å²) in [5.74, 6) is -1.37. The molecule has 0 radical (unpaired) electrons. The Morgan fingerprint density at radius 3 is 2.55 bits per heavy atom. The Kier molecular flexibility index (Phi) is 2.83. The number of nitrogens with one attached hydrogen (secondary N) is 1.